The highest BCUT2D eigenvalue weighted by Crippen LogP contribution is 2.14. The van der Waals surface area contributed by atoms with Crippen molar-refractivity contribution in [1.82, 2.24) is 14.8 Å². The van der Waals surface area contributed by atoms with Crippen LogP contribution in [0, 0.1) is 0 Å². The van der Waals surface area contributed by atoms with E-state index in [2.05, 4.69) is 10.1 Å². The SMILES string of the molecule is Cn1ncc2ccnc(C(N)=O)c21. The zero-order chi connectivity index (χ0) is 9.42. The predicted octanol–water partition coefficient (Wildman–Crippen LogP) is 0.0672. The lowest BCUT2D eigenvalue weighted by Gasteiger charge is -1.98. The van der Waals surface area contributed by atoms with Gasteiger partial charge in [-0.15, -0.1) is 0 Å². The highest BCUT2D eigenvalue weighted by Gasteiger charge is 2.10. The monoisotopic (exact) mass is 176 g/mol. The van der Waals surface area contributed by atoms with Gasteiger partial charge in [-0.1, -0.05) is 0 Å². The van der Waals surface area contributed by atoms with E-state index in [1.165, 1.54) is 0 Å². The Labute approximate surface area is 74.2 Å². The molecule has 0 atom stereocenters. The summed E-state index contributed by atoms with van der Waals surface area (Å²) in [5.74, 6) is -0.533. The van der Waals surface area contributed by atoms with Crippen molar-refractivity contribution in [3.8, 4) is 0 Å². The molecule has 1 amide bonds. The summed E-state index contributed by atoms with van der Waals surface area (Å²) in [6.45, 7) is 0. The molecule has 0 radical (unpaired) electrons. The fourth-order valence-corrected chi connectivity index (χ4v) is 1.30. The van der Waals surface area contributed by atoms with Crippen LogP contribution in [0.1, 0.15) is 10.5 Å². The van der Waals surface area contributed by atoms with Crippen molar-refractivity contribution in [1.29, 1.82) is 0 Å². The van der Waals surface area contributed by atoms with Gasteiger partial charge in [0.15, 0.2) is 5.69 Å². The van der Waals surface area contributed by atoms with Crippen LogP contribution in [0.15, 0.2) is 18.5 Å². The van der Waals surface area contributed by atoms with Gasteiger partial charge in [-0.2, -0.15) is 5.10 Å². The standard InChI is InChI=1S/C8H8N4O/c1-12-7-5(4-11-12)2-3-10-6(7)8(9)13/h2-4H,1H3,(H2,9,13). The first-order valence-electron chi connectivity index (χ1n) is 3.76. The second-order valence-corrected chi connectivity index (χ2v) is 2.73. The molecule has 0 saturated heterocycles. The maximum atomic E-state index is 11.0. The number of primary amides is 1. The van der Waals surface area contributed by atoms with Crippen LogP contribution < -0.4 is 5.73 Å². The Morgan fingerprint density at radius 2 is 2.38 bits per heavy atom. The first-order valence-corrected chi connectivity index (χ1v) is 3.76. The van der Waals surface area contributed by atoms with Crippen LogP contribution in [0.4, 0.5) is 0 Å². The Bertz CT molecular complexity index is 474. The lowest BCUT2D eigenvalue weighted by molar-refractivity contribution is 0.0997. The number of pyridine rings is 1. The molecule has 2 N–H and O–H groups in total. The number of nitrogens with two attached hydrogens (primary N) is 1. The Morgan fingerprint density at radius 3 is 3.08 bits per heavy atom. The molecule has 0 spiro atoms. The van der Waals surface area contributed by atoms with Gasteiger partial charge in [-0.3, -0.25) is 9.48 Å². The quantitative estimate of drug-likeness (QED) is 0.668. The minimum absolute atomic E-state index is 0.262. The second kappa shape index (κ2) is 2.55. The normalized spacial score (nSPS) is 10.5. The third kappa shape index (κ3) is 1.05. The van der Waals surface area contributed by atoms with E-state index in [4.69, 9.17) is 5.73 Å². The number of hydrogen-bond donors (Lipinski definition) is 1. The first-order chi connectivity index (χ1) is 6.20. The summed E-state index contributed by atoms with van der Waals surface area (Å²) in [5, 5.41) is 4.87. The number of hydrogen-bond acceptors (Lipinski definition) is 3. The molecule has 0 bridgehead atoms. The Morgan fingerprint density at radius 1 is 1.62 bits per heavy atom. The van der Waals surface area contributed by atoms with Crippen molar-refractivity contribution in [2.45, 2.75) is 0 Å². The number of rotatable bonds is 1. The summed E-state index contributed by atoms with van der Waals surface area (Å²) in [4.78, 5) is 14.9. The van der Waals surface area contributed by atoms with E-state index in [1.807, 2.05) is 0 Å². The van der Waals surface area contributed by atoms with E-state index in [9.17, 15) is 4.79 Å². The lowest BCUT2D eigenvalue weighted by Crippen LogP contribution is -2.14. The van der Waals surface area contributed by atoms with Crippen LogP contribution in [0.5, 0.6) is 0 Å². The van der Waals surface area contributed by atoms with Crippen molar-refractivity contribution >= 4 is 16.8 Å². The molecule has 0 fully saturated rings. The zero-order valence-corrected chi connectivity index (χ0v) is 7.06. The van der Waals surface area contributed by atoms with E-state index in [1.54, 1.807) is 30.2 Å². The fraction of sp³-hybridized carbons (Fsp3) is 0.125. The van der Waals surface area contributed by atoms with Gasteiger partial charge in [0.1, 0.15) is 0 Å². The number of carbonyl (C=O) groups excluding carboxylic acids is 1. The van der Waals surface area contributed by atoms with Gasteiger partial charge in [-0.05, 0) is 6.07 Å². The van der Waals surface area contributed by atoms with Crippen LogP contribution in [-0.4, -0.2) is 20.7 Å². The smallest absolute Gasteiger partial charge is 0.269 e. The molecule has 0 aliphatic carbocycles. The second-order valence-electron chi connectivity index (χ2n) is 2.73. The Kier molecular flexibility index (Phi) is 1.51. The number of aromatic nitrogens is 3. The van der Waals surface area contributed by atoms with Crippen molar-refractivity contribution in [2.24, 2.45) is 12.8 Å². The molecule has 2 heterocycles. The highest BCUT2D eigenvalue weighted by atomic mass is 16.1. The van der Waals surface area contributed by atoms with E-state index in [-0.39, 0.29) is 5.69 Å². The molecule has 0 aliphatic rings. The maximum Gasteiger partial charge on any atom is 0.269 e. The Balaban J connectivity index is 2.88. The average molecular weight is 176 g/mol. The molecule has 0 aromatic carbocycles. The lowest BCUT2D eigenvalue weighted by atomic mass is 10.2. The molecule has 66 valence electrons. The van der Waals surface area contributed by atoms with Gasteiger partial charge in [0.05, 0.1) is 11.7 Å². The third-order valence-corrected chi connectivity index (χ3v) is 1.88. The number of aryl methyl sites for hydroxylation is 1. The Hall–Kier alpha value is -1.91. The predicted molar refractivity (Wildman–Crippen MR) is 47.0 cm³/mol. The van der Waals surface area contributed by atoms with Crippen molar-refractivity contribution in [2.75, 3.05) is 0 Å². The number of fused-ring (bicyclic) bond motifs is 1. The van der Waals surface area contributed by atoms with Gasteiger partial charge in [0.2, 0.25) is 0 Å². The summed E-state index contributed by atoms with van der Waals surface area (Å²) in [5.41, 5.74) is 6.10. The largest absolute Gasteiger partial charge is 0.364 e. The molecule has 0 saturated carbocycles. The summed E-state index contributed by atoms with van der Waals surface area (Å²) in [7, 11) is 1.75. The van der Waals surface area contributed by atoms with Crippen LogP contribution in [0.25, 0.3) is 10.9 Å². The first kappa shape index (κ1) is 7.72. The molecule has 2 aromatic heterocycles. The number of carbonyl (C=O) groups is 1. The maximum absolute atomic E-state index is 11.0. The minimum atomic E-state index is -0.533. The van der Waals surface area contributed by atoms with E-state index in [0.717, 1.165) is 5.39 Å². The molecule has 2 aromatic rings. The summed E-state index contributed by atoms with van der Waals surface area (Å²) in [6.07, 6.45) is 3.22. The molecule has 13 heavy (non-hydrogen) atoms. The molecule has 0 unspecified atom stereocenters. The van der Waals surface area contributed by atoms with E-state index >= 15 is 0 Å². The van der Waals surface area contributed by atoms with Crippen molar-refractivity contribution < 1.29 is 4.79 Å². The molecular weight excluding hydrogens is 168 g/mol. The summed E-state index contributed by atoms with van der Waals surface area (Å²) < 4.78 is 1.59. The third-order valence-electron chi connectivity index (χ3n) is 1.88. The van der Waals surface area contributed by atoms with Gasteiger partial charge in [-0.25, -0.2) is 4.98 Å². The number of amides is 1. The molecule has 0 aliphatic heterocycles. The molecule has 2 rings (SSSR count). The topological polar surface area (TPSA) is 73.8 Å². The van der Waals surface area contributed by atoms with E-state index in [0.29, 0.717) is 5.52 Å². The van der Waals surface area contributed by atoms with Crippen molar-refractivity contribution in [3.63, 3.8) is 0 Å². The molecule has 5 nitrogen and oxygen atoms in total. The van der Waals surface area contributed by atoms with Crippen LogP contribution >= 0.6 is 0 Å². The van der Waals surface area contributed by atoms with E-state index < -0.39 is 5.91 Å². The summed E-state index contributed by atoms with van der Waals surface area (Å²) in [6, 6.07) is 1.79. The fourth-order valence-electron chi connectivity index (χ4n) is 1.30. The van der Waals surface area contributed by atoms with Crippen LogP contribution in [0.3, 0.4) is 0 Å². The zero-order valence-electron chi connectivity index (χ0n) is 7.06. The van der Waals surface area contributed by atoms with Crippen LogP contribution in [0.2, 0.25) is 0 Å². The van der Waals surface area contributed by atoms with Gasteiger partial charge in [0, 0.05) is 18.6 Å². The molecular formula is C8H8N4O. The average Bonchev–Trinajstić information content (AvgIpc) is 2.48. The number of nitrogens with zero attached hydrogens (tertiary/aromatic N) is 3. The van der Waals surface area contributed by atoms with Crippen molar-refractivity contribution in [3.05, 3.63) is 24.2 Å². The van der Waals surface area contributed by atoms with Crippen LogP contribution in [-0.2, 0) is 7.05 Å². The summed E-state index contributed by atoms with van der Waals surface area (Å²) >= 11 is 0. The van der Waals surface area contributed by atoms with Gasteiger partial charge >= 0.3 is 0 Å². The van der Waals surface area contributed by atoms with Gasteiger partial charge in [0.25, 0.3) is 5.91 Å². The van der Waals surface area contributed by atoms with Gasteiger partial charge < -0.3 is 5.73 Å². The minimum Gasteiger partial charge on any atom is -0.364 e. The highest BCUT2D eigenvalue weighted by molar-refractivity contribution is 6.02. The molecule has 5 heteroatoms.